The van der Waals surface area contributed by atoms with E-state index in [4.69, 9.17) is 0 Å². The van der Waals surface area contributed by atoms with E-state index in [9.17, 15) is 13.2 Å². The average Bonchev–Trinajstić information content (AvgIpc) is 2.78. The minimum Gasteiger partial charge on any atom is -0.206 e. The van der Waals surface area contributed by atoms with Crippen LogP contribution in [0.4, 0.5) is 13.2 Å². The maximum atomic E-state index is 14.8. The van der Waals surface area contributed by atoms with Crippen LogP contribution in [0, 0.1) is 17.5 Å². The molecule has 0 aliphatic rings. The molecule has 4 aromatic carbocycles. The van der Waals surface area contributed by atoms with Crippen LogP contribution in [-0.2, 0) is 6.42 Å². The number of benzene rings is 4. The van der Waals surface area contributed by atoms with Gasteiger partial charge in [-0.15, -0.1) is 0 Å². The average molecular weight is 419 g/mol. The maximum Gasteiger partial charge on any atom is 0.159 e. The monoisotopic (exact) mass is 418 g/mol. The van der Waals surface area contributed by atoms with E-state index < -0.39 is 17.5 Å². The van der Waals surface area contributed by atoms with Crippen molar-refractivity contribution in [1.82, 2.24) is 0 Å². The third kappa shape index (κ3) is 4.82. The normalized spacial score (nSPS) is 11.2. The van der Waals surface area contributed by atoms with Gasteiger partial charge in [-0.1, -0.05) is 74.7 Å². The summed E-state index contributed by atoms with van der Waals surface area (Å²) in [6, 6.07) is 20.9. The Morgan fingerprint density at radius 1 is 0.548 bits per heavy atom. The van der Waals surface area contributed by atoms with Crippen molar-refractivity contribution in [1.29, 1.82) is 0 Å². The second-order valence-electron chi connectivity index (χ2n) is 8.03. The van der Waals surface area contributed by atoms with Crippen LogP contribution < -0.4 is 0 Å². The highest BCUT2D eigenvalue weighted by atomic mass is 19.2. The molecule has 0 spiro atoms. The summed E-state index contributed by atoms with van der Waals surface area (Å²) in [5.74, 6) is -2.40. The van der Waals surface area contributed by atoms with E-state index in [1.165, 1.54) is 48.8 Å². The lowest BCUT2D eigenvalue weighted by molar-refractivity contribution is 0.509. The lowest BCUT2D eigenvalue weighted by Gasteiger charge is -2.09. The van der Waals surface area contributed by atoms with E-state index in [1.807, 2.05) is 12.1 Å². The van der Waals surface area contributed by atoms with Gasteiger partial charge in [-0.2, -0.15) is 0 Å². The summed E-state index contributed by atoms with van der Waals surface area (Å²) >= 11 is 0. The number of rotatable bonds is 7. The summed E-state index contributed by atoms with van der Waals surface area (Å²) in [7, 11) is 0. The fraction of sp³-hybridized carbons (Fsp3) is 0.214. The van der Waals surface area contributed by atoms with E-state index in [1.54, 1.807) is 6.07 Å². The zero-order chi connectivity index (χ0) is 21.8. The fourth-order valence-corrected chi connectivity index (χ4v) is 3.98. The second-order valence-corrected chi connectivity index (χ2v) is 8.03. The zero-order valence-electron chi connectivity index (χ0n) is 17.6. The molecule has 0 atom stereocenters. The summed E-state index contributed by atoms with van der Waals surface area (Å²) in [4.78, 5) is 0. The number of hydrogen-bond acceptors (Lipinski definition) is 0. The van der Waals surface area contributed by atoms with Gasteiger partial charge in [0.15, 0.2) is 11.6 Å². The van der Waals surface area contributed by atoms with Gasteiger partial charge in [0.2, 0.25) is 0 Å². The molecule has 158 valence electrons. The molecular formula is C28H25F3. The predicted octanol–water partition coefficient (Wildman–Crippen LogP) is 8.71. The Morgan fingerprint density at radius 3 is 2.00 bits per heavy atom. The molecule has 0 saturated heterocycles. The van der Waals surface area contributed by atoms with E-state index in [0.29, 0.717) is 5.56 Å². The number of unbranched alkanes of at least 4 members (excludes halogenated alkanes) is 3. The van der Waals surface area contributed by atoms with Crippen molar-refractivity contribution >= 4 is 10.8 Å². The van der Waals surface area contributed by atoms with Crippen molar-refractivity contribution in [2.24, 2.45) is 0 Å². The van der Waals surface area contributed by atoms with Crippen molar-refractivity contribution in [3.8, 4) is 22.3 Å². The molecule has 0 amide bonds. The van der Waals surface area contributed by atoms with Crippen molar-refractivity contribution in [2.45, 2.75) is 39.0 Å². The van der Waals surface area contributed by atoms with Crippen molar-refractivity contribution in [3.05, 3.63) is 95.8 Å². The summed E-state index contributed by atoms with van der Waals surface area (Å²) in [6.07, 6.45) is 6.08. The lowest BCUT2D eigenvalue weighted by atomic mass is 9.96. The van der Waals surface area contributed by atoms with E-state index in [2.05, 4.69) is 37.3 Å². The first kappa shape index (κ1) is 21.2. The van der Waals surface area contributed by atoms with Gasteiger partial charge in [0, 0.05) is 5.56 Å². The molecule has 0 saturated carbocycles. The van der Waals surface area contributed by atoms with Crippen molar-refractivity contribution < 1.29 is 13.2 Å². The summed E-state index contributed by atoms with van der Waals surface area (Å²) in [5.41, 5.74) is 3.57. The van der Waals surface area contributed by atoms with E-state index in [-0.39, 0.29) is 5.56 Å². The van der Waals surface area contributed by atoms with E-state index in [0.717, 1.165) is 35.1 Å². The highest BCUT2D eigenvalue weighted by Gasteiger charge is 2.11. The molecule has 0 aliphatic heterocycles. The van der Waals surface area contributed by atoms with Crippen LogP contribution >= 0.6 is 0 Å². The minimum absolute atomic E-state index is 0.246. The molecular weight excluding hydrogens is 393 g/mol. The molecule has 31 heavy (non-hydrogen) atoms. The molecule has 0 aromatic heterocycles. The molecule has 0 unspecified atom stereocenters. The number of hydrogen-bond donors (Lipinski definition) is 0. The SMILES string of the molecule is CCCCCCc1ccc2cc(-c3ccc(-c4ccc(F)c(F)c4)c(F)c3)ccc2c1. The van der Waals surface area contributed by atoms with Gasteiger partial charge < -0.3 is 0 Å². The molecule has 4 aromatic rings. The van der Waals surface area contributed by atoms with Crippen LogP contribution in [0.3, 0.4) is 0 Å². The number of halogens is 3. The van der Waals surface area contributed by atoms with Gasteiger partial charge in [0.25, 0.3) is 0 Å². The molecule has 0 fully saturated rings. The van der Waals surface area contributed by atoms with Gasteiger partial charge in [0.05, 0.1) is 0 Å². The Balaban J connectivity index is 1.58. The van der Waals surface area contributed by atoms with Crippen LogP contribution in [0.25, 0.3) is 33.0 Å². The quantitative estimate of drug-likeness (QED) is 0.263. The van der Waals surface area contributed by atoms with Crippen molar-refractivity contribution in [2.75, 3.05) is 0 Å². The first-order chi connectivity index (χ1) is 15.0. The highest BCUT2D eigenvalue weighted by molar-refractivity contribution is 5.88. The standard InChI is InChI=1S/C28H25F3/c1-2-3-4-5-6-19-7-8-21-16-22(10-9-20(21)15-19)23-11-13-25(27(30)17-23)24-12-14-26(29)28(31)18-24/h7-18H,2-6H2,1H3. The molecule has 0 heterocycles. The van der Waals surface area contributed by atoms with Crippen LogP contribution in [0.1, 0.15) is 38.2 Å². The fourth-order valence-electron chi connectivity index (χ4n) is 3.98. The summed E-state index contributed by atoms with van der Waals surface area (Å²) in [5, 5.41) is 2.29. The molecule has 0 N–H and O–H groups in total. The zero-order valence-corrected chi connectivity index (χ0v) is 17.6. The van der Waals surface area contributed by atoms with Crippen LogP contribution in [0.2, 0.25) is 0 Å². The molecule has 4 rings (SSSR count). The molecule has 0 nitrogen and oxygen atoms in total. The van der Waals surface area contributed by atoms with Crippen molar-refractivity contribution in [3.63, 3.8) is 0 Å². The second kappa shape index (κ2) is 9.38. The van der Waals surface area contributed by atoms with Gasteiger partial charge in [0.1, 0.15) is 5.82 Å². The lowest BCUT2D eigenvalue weighted by Crippen LogP contribution is -1.90. The van der Waals surface area contributed by atoms with Crippen LogP contribution in [-0.4, -0.2) is 0 Å². The molecule has 0 radical (unpaired) electrons. The summed E-state index contributed by atoms with van der Waals surface area (Å²) < 4.78 is 41.5. The third-order valence-electron chi connectivity index (χ3n) is 5.76. The Morgan fingerprint density at radius 2 is 1.23 bits per heavy atom. The first-order valence-corrected chi connectivity index (χ1v) is 10.8. The Labute approximate surface area is 181 Å². The number of aryl methyl sites for hydroxylation is 1. The van der Waals surface area contributed by atoms with E-state index >= 15 is 0 Å². The summed E-state index contributed by atoms with van der Waals surface area (Å²) in [6.45, 7) is 2.22. The van der Waals surface area contributed by atoms with Gasteiger partial charge in [-0.3, -0.25) is 0 Å². The smallest absolute Gasteiger partial charge is 0.159 e. The first-order valence-electron chi connectivity index (χ1n) is 10.8. The van der Waals surface area contributed by atoms with Gasteiger partial charge in [-0.25, -0.2) is 13.2 Å². The molecule has 3 heteroatoms. The topological polar surface area (TPSA) is 0 Å². The predicted molar refractivity (Wildman–Crippen MR) is 123 cm³/mol. The molecule has 0 bridgehead atoms. The Kier molecular flexibility index (Phi) is 6.41. The van der Waals surface area contributed by atoms with Crippen LogP contribution in [0.5, 0.6) is 0 Å². The number of fused-ring (bicyclic) bond motifs is 1. The van der Waals surface area contributed by atoms with Crippen LogP contribution in [0.15, 0.2) is 72.8 Å². The van der Waals surface area contributed by atoms with Gasteiger partial charge in [-0.05, 0) is 70.1 Å². The highest BCUT2D eigenvalue weighted by Crippen LogP contribution is 2.31. The largest absolute Gasteiger partial charge is 0.206 e. The maximum absolute atomic E-state index is 14.8. The molecule has 0 aliphatic carbocycles. The Hall–Kier alpha value is -3.07. The van der Waals surface area contributed by atoms with Gasteiger partial charge >= 0.3 is 0 Å². The third-order valence-corrected chi connectivity index (χ3v) is 5.76. The minimum atomic E-state index is -0.986. The Bertz CT molecular complexity index is 1210.